The average molecular weight is 831 g/mol. The van der Waals surface area contributed by atoms with Gasteiger partial charge in [0.15, 0.2) is 17.8 Å². The predicted octanol–water partition coefficient (Wildman–Crippen LogP) is 5.42. The van der Waals surface area contributed by atoms with Gasteiger partial charge in [-0.2, -0.15) is 0 Å². The van der Waals surface area contributed by atoms with E-state index in [-0.39, 0.29) is 49.5 Å². The van der Waals surface area contributed by atoms with Crippen LogP contribution in [0.25, 0.3) is 16.2 Å². The minimum absolute atomic E-state index is 0. The van der Waals surface area contributed by atoms with Crippen LogP contribution in [0, 0.1) is 37.7 Å². The summed E-state index contributed by atoms with van der Waals surface area (Å²) >= 11 is 0. The van der Waals surface area contributed by atoms with Gasteiger partial charge in [0.05, 0.1) is 24.3 Å². The van der Waals surface area contributed by atoms with Crippen LogP contribution in [-0.4, -0.2) is 58.3 Å². The first-order valence-electron chi connectivity index (χ1n) is 13.0. The van der Waals surface area contributed by atoms with Crippen molar-refractivity contribution in [1.82, 2.24) is 4.98 Å². The van der Waals surface area contributed by atoms with Crippen LogP contribution in [0.4, 0.5) is 4.70 Å². The Balaban J connectivity index is -0.000000600. The molecule has 1 aromatic heterocycles. The molecule has 44 heavy (non-hydrogen) atoms. The monoisotopic (exact) mass is 831 g/mol. The fraction of sp³-hybridized carbons (Fsp3) is 0.161. The molecular weight excluding hydrogens is 796 g/mol. The van der Waals surface area contributed by atoms with Gasteiger partial charge >= 0.3 is 30.4 Å². The van der Waals surface area contributed by atoms with Gasteiger partial charge in [0, 0.05) is 46.5 Å². The van der Waals surface area contributed by atoms with Crippen LogP contribution in [0.1, 0.15) is 46.5 Å². The number of esters is 4. The zero-order valence-corrected chi connectivity index (χ0v) is 28.2. The smallest absolute Gasteiger partial charge is 0.387 e. The average Bonchev–Trinajstić information content (AvgIpc) is 3.55. The molecule has 13 heteroatoms. The summed E-state index contributed by atoms with van der Waals surface area (Å²) in [6.07, 6.45) is 1.24. The van der Waals surface area contributed by atoms with Crippen molar-refractivity contribution in [2.24, 2.45) is 0 Å². The second-order valence-corrected chi connectivity index (χ2v) is 7.65. The number of carbonyl (C=O) groups is 4. The summed E-state index contributed by atoms with van der Waals surface area (Å²) in [4.78, 5) is 51.6. The van der Waals surface area contributed by atoms with Crippen LogP contribution in [0.5, 0.6) is 0 Å². The third-order valence-corrected chi connectivity index (χ3v) is 4.79. The number of carbonyl (C=O) groups excluding carboxylic acids is 4. The quantitative estimate of drug-likeness (QED) is 0.0790. The Hall–Kier alpha value is -4.51. The summed E-state index contributed by atoms with van der Waals surface area (Å²) in [5, 5.41) is 0. The van der Waals surface area contributed by atoms with E-state index in [1.807, 2.05) is 30.3 Å². The Labute approximate surface area is 283 Å². The van der Waals surface area contributed by atoms with Crippen molar-refractivity contribution in [3.8, 4) is 11.3 Å². The number of ether oxygens (including phenoxy) is 3. The Bertz CT molecular complexity index is 1410. The van der Waals surface area contributed by atoms with Crippen LogP contribution >= 0.6 is 0 Å². The van der Waals surface area contributed by atoms with E-state index >= 15 is 0 Å². The third kappa shape index (κ3) is 14.6. The number of aromatic nitrogens is 1. The summed E-state index contributed by atoms with van der Waals surface area (Å²) in [6, 6.07) is 26.1. The van der Waals surface area contributed by atoms with Crippen molar-refractivity contribution in [3.63, 3.8) is 0 Å². The van der Waals surface area contributed by atoms with Crippen LogP contribution in [0.3, 0.4) is 0 Å². The van der Waals surface area contributed by atoms with Gasteiger partial charge in [-0.15, -0.1) is 0 Å². The predicted molar refractivity (Wildman–Crippen MR) is 160 cm³/mol. The largest absolute Gasteiger partial charge is 0.461 e. The molecule has 0 saturated heterocycles. The molecule has 0 bridgehead atoms. The molecule has 0 saturated carbocycles. The molecule has 4 aromatic rings. The van der Waals surface area contributed by atoms with Gasteiger partial charge in [-0.1, -0.05) is 66.7 Å². The first-order valence-corrected chi connectivity index (χ1v) is 12.4. The molecule has 4 rings (SSSR count). The fourth-order valence-corrected chi connectivity index (χ4v) is 3.01. The summed E-state index contributed by atoms with van der Waals surface area (Å²) in [7, 11) is 3.75. The fourth-order valence-electron chi connectivity index (χ4n) is 3.01. The molecule has 1 heterocycles. The van der Waals surface area contributed by atoms with Gasteiger partial charge < -0.3 is 23.5 Å². The summed E-state index contributed by atoms with van der Waals surface area (Å²) in [6.45, 7) is 10.2. The van der Waals surface area contributed by atoms with Gasteiger partial charge in [-0.05, 0) is 39.4 Å². The number of hydrogen-bond donors (Lipinski definition) is 0. The van der Waals surface area contributed by atoms with Gasteiger partial charge in [0.2, 0.25) is 0 Å². The number of hydrogen-bond acceptors (Lipinski definition) is 9. The van der Waals surface area contributed by atoms with Crippen LogP contribution in [-0.2, 0) is 19.0 Å². The van der Waals surface area contributed by atoms with Gasteiger partial charge in [0.25, 0.3) is 0 Å². The third-order valence-electron chi connectivity index (χ3n) is 4.79. The summed E-state index contributed by atoms with van der Waals surface area (Å²) in [5.41, 5.74) is 1.74. The van der Waals surface area contributed by atoms with E-state index in [0.29, 0.717) is 30.1 Å². The molecule has 0 N–H and O–H groups in total. The van der Waals surface area contributed by atoms with E-state index in [2.05, 4.69) is 22.9 Å². The summed E-state index contributed by atoms with van der Waals surface area (Å²) in [5.74, 6) is -1.74. The van der Waals surface area contributed by atoms with Crippen molar-refractivity contribution in [2.45, 2.75) is 13.8 Å². The molecule has 0 aliphatic carbocycles. The molecule has 2 radical (unpaired) electrons. The molecule has 0 aliphatic heterocycles. The van der Waals surface area contributed by atoms with E-state index in [9.17, 15) is 19.2 Å². The number of nitrogens with zero attached hydrogens (tertiary/aromatic N) is 2. The van der Waals surface area contributed by atoms with Crippen LogP contribution in [0.2, 0.25) is 0 Å². The Morgan fingerprint density at radius 1 is 0.818 bits per heavy atom. The van der Waals surface area contributed by atoms with Crippen LogP contribution < -0.4 is 0 Å². The Morgan fingerprint density at radius 3 is 1.70 bits per heavy atom. The molecule has 0 atom stereocenters. The molecule has 228 valence electrons. The molecule has 0 spiro atoms. The molecule has 10 nitrogen and oxygen atoms in total. The van der Waals surface area contributed by atoms with Crippen molar-refractivity contribution < 1.29 is 75.1 Å². The van der Waals surface area contributed by atoms with E-state index in [1.54, 1.807) is 74.5 Å². The second-order valence-electron chi connectivity index (χ2n) is 7.65. The minimum Gasteiger partial charge on any atom is -0.461 e. The topological polar surface area (TPSA) is 126 Å². The maximum absolute atomic E-state index is 11.6. The first-order chi connectivity index (χ1) is 20.9. The molecule has 3 aromatic carbocycles. The maximum atomic E-state index is 11.6. The summed E-state index contributed by atoms with van der Waals surface area (Å²) < 4.78 is 24.5. The van der Waals surface area contributed by atoms with Crippen molar-refractivity contribution in [1.29, 1.82) is 1.34 Å². The number of benzene rings is 3. The van der Waals surface area contributed by atoms with E-state index in [1.165, 1.54) is 6.39 Å². The van der Waals surface area contributed by atoms with E-state index < -0.39 is 23.9 Å². The van der Waals surface area contributed by atoms with Crippen molar-refractivity contribution >= 4 is 32.3 Å². The molecule has 0 aliphatic rings. The van der Waals surface area contributed by atoms with Crippen LogP contribution in [0.15, 0.2) is 102 Å². The molecular formula is C31H32BFN2O8U. The standard InChI is InChI=1S/C14H10O3.C12H11NO3.C5H7NO2.BH.FH.U.H2/c15-13(11-7-3-1-4-8-11)17-14(16)12-9-5-2-6-10-12;1-2-15-12(14)10-11(16-8-13-10)9-6-4-3-5-7-9;1-3-8-5(7)4-6-2;;;;/h1-10H;3-8H,2H2,1H3;3-4H2,1H3;2*1H;;1H/i;;;1D;;;1+2. The normalized spacial score (nSPS) is 8.89. The van der Waals surface area contributed by atoms with Crippen molar-refractivity contribution in [3.05, 3.63) is 126 Å². The zero-order valence-electron chi connectivity index (χ0n) is 25.0. The minimum atomic E-state index is -0.639. The Morgan fingerprint density at radius 2 is 1.27 bits per heavy atom. The van der Waals surface area contributed by atoms with Crippen molar-refractivity contribution in [2.75, 3.05) is 19.8 Å². The molecule has 0 unspecified atom stereocenters. The zero-order chi connectivity index (χ0) is 31.9. The maximum Gasteiger partial charge on any atom is 0.387 e. The van der Waals surface area contributed by atoms with E-state index in [4.69, 9.17) is 21.8 Å². The van der Waals surface area contributed by atoms with Gasteiger partial charge in [-0.25, -0.2) is 30.7 Å². The SMILES string of the molecule is CCOC(=O)c1ncoc1-c1ccccc1.F.O=C(OC(=O)c1ccccc1)c1ccccc1.[2H][B].[3HH].[C-]#[N+]CC(=O)OCC.[U]. The molecule has 0 amide bonds. The first kappa shape index (κ1) is 39.5. The van der Waals surface area contributed by atoms with E-state index in [0.717, 1.165) is 5.56 Å². The number of rotatable bonds is 7. The number of oxazole rings is 1. The Kier molecular flexibility index (Phi) is 21.5. The van der Waals surface area contributed by atoms with Gasteiger partial charge in [-0.3, -0.25) is 4.70 Å². The number of halogens is 1. The van der Waals surface area contributed by atoms with Gasteiger partial charge in [0.1, 0.15) is 0 Å². The molecule has 0 fully saturated rings. The second kappa shape index (κ2) is 24.0.